The van der Waals surface area contributed by atoms with E-state index in [1.54, 1.807) is 0 Å². The molecule has 2 fully saturated rings. The Morgan fingerprint density at radius 2 is 1.90 bits per heavy atom. The second-order valence-electron chi connectivity index (χ2n) is 10.2. The maximum atomic E-state index is 15.6. The molecular weight excluding hydrogens is 542 g/mol. The van der Waals surface area contributed by atoms with Gasteiger partial charge in [0.2, 0.25) is 5.95 Å². The number of carbonyl (C=O) groups is 1. The van der Waals surface area contributed by atoms with E-state index in [9.17, 15) is 18.0 Å². The Morgan fingerprint density at radius 3 is 2.59 bits per heavy atom. The van der Waals surface area contributed by atoms with Gasteiger partial charge in [-0.3, -0.25) is 4.79 Å². The van der Waals surface area contributed by atoms with Gasteiger partial charge in [0.25, 0.3) is 5.91 Å². The summed E-state index contributed by atoms with van der Waals surface area (Å²) in [6.07, 6.45) is 1.12. The first kappa shape index (κ1) is 28.8. The Labute approximate surface area is 235 Å². The Morgan fingerprint density at radius 1 is 1.17 bits per heavy atom. The number of hydrogen-bond donors (Lipinski definition) is 2. The van der Waals surface area contributed by atoms with Crippen LogP contribution < -0.4 is 20.4 Å². The van der Waals surface area contributed by atoms with Crippen molar-refractivity contribution in [2.45, 2.75) is 25.6 Å². The van der Waals surface area contributed by atoms with Crippen molar-refractivity contribution in [1.29, 1.82) is 0 Å². The van der Waals surface area contributed by atoms with E-state index in [0.29, 0.717) is 56.6 Å². The zero-order valence-electron chi connectivity index (χ0n) is 23.0. The van der Waals surface area contributed by atoms with Crippen LogP contribution in [-0.4, -0.2) is 92.5 Å². The summed E-state index contributed by atoms with van der Waals surface area (Å²) in [4.78, 5) is 28.1. The van der Waals surface area contributed by atoms with Crippen molar-refractivity contribution in [2.75, 3.05) is 74.6 Å². The van der Waals surface area contributed by atoms with E-state index in [2.05, 4.69) is 25.5 Å². The van der Waals surface area contributed by atoms with E-state index in [1.165, 1.54) is 24.5 Å². The number of amides is 1. The van der Waals surface area contributed by atoms with E-state index in [0.717, 1.165) is 25.2 Å². The summed E-state index contributed by atoms with van der Waals surface area (Å²) in [5.74, 6) is -1.00. The number of likely N-dealkylation sites (N-methyl/N-ethyl adjacent to an activating group) is 1. The molecule has 2 N–H and O–H groups in total. The molecule has 0 unspecified atom stereocenters. The van der Waals surface area contributed by atoms with Gasteiger partial charge in [-0.05, 0) is 32.1 Å². The van der Waals surface area contributed by atoms with Crippen LogP contribution in [0.2, 0.25) is 0 Å². The van der Waals surface area contributed by atoms with Gasteiger partial charge in [-0.1, -0.05) is 13.0 Å². The molecular formula is C28H33F4N7O2. The molecule has 2 saturated heterocycles. The molecule has 5 rings (SSSR count). The van der Waals surface area contributed by atoms with Gasteiger partial charge >= 0.3 is 6.18 Å². The zero-order chi connectivity index (χ0) is 29.1. The van der Waals surface area contributed by atoms with Gasteiger partial charge in [-0.2, -0.15) is 13.2 Å². The fourth-order valence-electron chi connectivity index (χ4n) is 5.27. The van der Waals surface area contributed by atoms with Gasteiger partial charge in [0.05, 0.1) is 35.7 Å². The van der Waals surface area contributed by atoms with Crippen LogP contribution >= 0.6 is 0 Å². The number of rotatable bonds is 7. The lowest BCUT2D eigenvalue weighted by atomic mass is 10.0. The number of anilines is 3. The topological polar surface area (TPSA) is 85.9 Å². The summed E-state index contributed by atoms with van der Waals surface area (Å²) in [6.45, 7) is 6.44. The lowest BCUT2D eigenvalue weighted by Gasteiger charge is -2.27. The summed E-state index contributed by atoms with van der Waals surface area (Å²) >= 11 is 0. The predicted molar refractivity (Wildman–Crippen MR) is 148 cm³/mol. The molecule has 1 aromatic heterocycles. The molecule has 0 radical (unpaired) electrons. The first-order valence-corrected chi connectivity index (χ1v) is 13.6. The molecule has 2 aromatic rings. The normalized spacial score (nSPS) is 19.6. The number of alkyl halides is 3. The Balaban J connectivity index is 1.48. The first-order chi connectivity index (χ1) is 19.7. The van der Waals surface area contributed by atoms with Crippen LogP contribution in [0, 0.1) is 5.82 Å². The van der Waals surface area contributed by atoms with E-state index in [4.69, 9.17) is 4.74 Å². The summed E-state index contributed by atoms with van der Waals surface area (Å²) in [5.41, 5.74) is -0.447. The molecule has 3 aliphatic heterocycles. The summed E-state index contributed by atoms with van der Waals surface area (Å²) in [7, 11) is 2.01. The van der Waals surface area contributed by atoms with Crippen LogP contribution in [0.5, 0.6) is 0 Å². The largest absolute Gasteiger partial charge is 0.416 e. The SMILES string of the molecule is CCN(C)[C@@H]1CCN(c2cc(F)c(-c3cnc(N4CCOCC4)nc3)cc2NC(=O)C2=CNCC=C2C(F)(F)F)C1. The van der Waals surface area contributed by atoms with Gasteiger partial charge in [0, 0.05) is 68.5 Å². The predicted octanol–water partition coefficient (Wildman–Crippen LogP) is 3.56. The van der Waals surface area contributed by atoms with E-state index in [1.807, 2.05) is 23.8 Å². The number of nitrogens with zero attached hydrogens (tertiary/aromatic N) is 5. The number of ether oxygens (including phenoxy) is 1. The molecule has 3 aliphatic rings. The number of aromatic nitrogens is 2. The Kier molecular flexibility index (Phi) is 8.45. The number of morpholine rings is 1. The molecule has 4 heterocycles. The first-order valence-electron chi connectivity index (χ1n) is 13.6. The van der Waals surface area contributed by atoms with Crippen LogP contribution in [-0.2, 0) is 9.53 Å². The van der Waals surface area contributed by atoms with Gasteiger partial charge in [-0.15, -0.1) is 0 Å². The van der Waals surface area contributed by atoms with Crippen LogP contribution in [0.1, 0.15) is 13.3 Å². The zero-order valence-corrected chi connectivity index (χ0v) is 23.0. The highest BCUT2D eigenvalue weighted by Gasteiger charge is 2.39. The Bertz CT molecular complexity index is 1320. The summed E-state index contributed by atoms with van der Waals surface area (Å²) in [5, 5.41) is 5.32. The summed E-state index contributed by atoms with van der Waals surface area (Å²) < 4.78 is 62.0. The minimum atomic E-state index is -4.70. The van der Waals surface area contributed by atoms with Crippen molar-refractivity contribution >= 4 is 23.2 Å². The van der Waals surface area contributed by atoms with E-state index >= 15 is 4.39 Å². The molecule has 220 valence electrons. The number of halogens is 4. The van der Waals surface area contributed by atoms with Gasteiger partial charge in [0.15, 0.2) is 0 Å². The fourth-order valence-corrected chi connectivity index (χ4v) is 5.27. The maximum Gasteiger partial charge on any atom is 0.416 e. The highest BCUT2D eigenvalue weighted by molar-refractivity contribution is 6.09. The molecule has 1 atom stereocenters. The second-order valence-corrected chi connectivity index (χ2v) is 10.2. The lowest BCUT2D eigenvalue weighted by molar-refractivity contribution is -0.115. The minimum absolute atomic E-state index is 0.0435. The maximum absolute atomic E-state index is 15.6. The number of benzene rings is 1. The smallest absolute Gasteiger partial charge is 0.387 e. The molecule has 0 spiro atoms. The van der Waals surface area contributed by atoms with Crippen molar-refractivity contribution in [3.05, 3.63) is 53.8 Å². The molecule has 0 saturated carbocycles. The average Bonchev–Trinajstić information content (AvgIpc) is 3.48. The molecule has 0 bridgehead atoms. The number of hydrogen-bond acceptors (Lipinski definition) is 8. The third kappa shape index (κ3) is 6.30. The lowest BCUT2D eigenvalue weighted by Crippen LogP contribution is -2.37. The third-order valence-corrected chi connectivity index (χ3v) is 7.71. The van der Waals surface area contributed by atoms with Crippen LogP contribution in [0.25, 0.3) is 11.1 Å². The fraction of sp³-hybridized carbons (Fsp3) is 0.464. The molecule has 9 nitrogen and oxygen atoms in total. The van der Waals surface area contributed by atoms with Crippen molar-refractivity contribution in [3.8, 4) is 11.1 Å². The van der Waals surface area contributed by atoms with Gasteiger partial charge < -0.3 is 30.1 Å². The molecule has 0 aliphatic carbocycles. The van der Waals surface area contributed by atoms with Crippen molar-refractivity contribution in [2.24, 2.45) is 0 Å². The minimum Gasteiger partial charge on any atom is -0.387 e. The van der Waals surface area contributed by atoms with Crippen LogP contribution in [0.4, 0.5) is 34.9 Å². The average molecular weight is 576 g/mol. The molecule has 1 amide bonds. The molecule has 41 heavy (non-hydrogen) atoms. The van der Waals surface area contributed by atoms with Gasteiger partial charge in [0.1, 0.15) is 5.82 Å². The molecule has 1 aromatic carbocycles. The van der Waals surface area contributed by atoms with Crippen LogP contribution in [0.3, 0.4) is 0 Å². The van der Waals surface area contributed by atoms with E-state index < -0.39 is 29.0 Å². The van der Waals surface area contributed by atoms with Crippen molar-refractivity contribution in [1.82, 2.24) is 20.2 Å². The van der Waals surface area contributed by atoms with Crippen molar-refractivity contribution < 1.29 is 27.1 Å². The van der Waals surface area contributed by atoms with Gasteiger partial charge in [-0.25, -0.2) is 14.4 Å². The highest BCUT2D eigenvalue weighted by atomic mass is 19.4. The third-order valence-electron chi connectivity index (χ3n) is 7.71. The van der Waals surface area contributed by atoms with Crippen molar-refractivity contribution in [3.63, 3.8) is 0 Å². The molecule has 13 heteroatoms. The Hall–Kier alpha value is -3.71. The number of carbonyl (C=O) groups excluding carboxylic acids is 1. The number of nitrogens with one attached hydrogen (secondary N) is 2. The number of dihydropyridines is 1. The second kappa shape index (κ2) is 12.0. The summed E-state index contributed by atoms with van der Waals surface area (Å²) in [6, 6.07) is 2.99. The quantitative estimate of drug-likeness (QED) is 0.485. The standard InChI is InChI=1S/C28H33F4N7O2/c1-3-37(2)19-5-7-39(17-19)25-13-23(29)20(18-14-34-27(35-15-18)38-8-10-41-11-9-38)12-24(25)36-26(40)21-16-33-6-4-22(21)28(30,31)32/h4,12-16,19,33H,3,5-11,17H2,1-2H3,(H,36,40)/t19-/m1/s1. The monoisotopic (exact) mass is 575 g/mol. The van der Waals surface area contributed by atoms with Crippen LogP contribution in [0.15, 0.2) is 47.9 Å². The van der Waals surface area contributed by atoms with E-state index in [-0.39, 0.29) is 23.8 Å². The highest BCUT2D eigenvalue weighted by Crippen LogP contribution is 2.38.